The molecule has 0 aliphatic heterocycles. The number of guanidine groups is 1. The molecule has 2 N–H and O–H groups in total. The molecular weight excluding hydrogens is 300 g/mol. The highest BCUT2D eigenvalue weighted by molar-refractivity contribution is 5.80. The average Bonchev–Trinajstić information content (AvgIpc) is 3.36. The molecule has 0 aromatic carbocycles. The van der Waals surface area contributed by atoms with Crippen LogP contribution in [0.3, 0.4) is 0 Å². The lowest BCUT2D eigenvalue weighted by molar-refractivity contribution is -0.121. The van der Waals surface area contributed by atoms with Crippen molar-refractivity contribution in [3.8, 4) is 0 Å². The van der Waals surface area contributed by atoms with Gasteiger partial charge in [-0.25, -0.2) is 0 Å². The van der Waals surface area contributed by atoms with Crippen molar-refractivity contribution < 1.29 is 4.79 Å². The summed E-state index contributed by atoms with van der Waals surface area (Å²) in [4.78, 5) is 18.7. The van der Waals surface area contributed by atoms with Crippen LogP contribution < -0.4 is 10.6 Å². The molecule has 2 saturated carbocycles. The molecule has 5 nitrogen and oxygen atoms in total. The van der Waals surface area contributed by atoms with Gasteiger partial charge in [-0.15, -0.1) is 0 Å². The predicted molar refractivity (Wildman–Crippen MR) is 100 cm³/mol. The summed E-state index contributed by atoms with van der Waals surface area (Å²) in [7, 11) is 2.14. The van der Waals surface area contributed by atoms with Crippen LogP contribution in [0.15, 0.2) is 4.99 Å². The summed E-state index contributed by atoms with van der Waals surface area (Å²) in [6.45, 7) is 7.15. The fourth-order valence-electron chi connectivity index (χ4n) is 3.41. The van der Waals surface area contributed by atoms with Gasteiger partial charge in [0, 0.05) is 39.1 Å². The van der Waals surface area contributed by atoms with Crippen molar-refractivity contribution in [1.82, 2.24) is 15.5 Å². The lowest BCUT2D eigenvalue weighted by Crippen LogP contribution is -2.42. The lowest BCUT2D eigenvalue weighted by atomic mass is 9.83. The van der Waals surface area contributed by atoms with Gasteiger partial charge in [-0.3, -0.25) is 9.79 Å². The number of nitrogens with zero attached hydrogens (tertiary/aromatic N) is 2. The minimum Gasteiger partial charge on any atom is -0.357 e. The maximum Gasteiger partial charge on any atom is 0.220 e. The molecule has 0 atom stereocenters. The van der Waals surface area contributed by atoms with Crippen molar-refractivity contribution in [1.29, 1.82) is 0 Å². The highest BCUT2D eigenvalue weighted by atomic mass is 16.1. The van der Waals surface area contributed by atoms with E-state index in [1.165, 1.54) is 25.7 Å². The van der Waals surface area contributed by atoms with Gasteiger partial charge in [0.25, 0.3) is 0 Å². The lowest BCUT2D eigenvalue weighted by Gasteiger charge is -2.31. The molecule has 0 aromatic rings. The van der Waals surface area contributed by atoms with Crippen molar-refractivity contribution in [2.45, 2.75) is 71.3 Å². The van der Waals surface area contributed by atoms with Crippen LogP contribution in [-0.4, -0.2) is 49.5 Å². The van der Waals surface area contributed by atoms with Gasteiger partial charge in [0.05, 0.1) is 0 Å². The minimum absolute atomic E-state index is 0.183. The number of hydrogen-bond acceptors (Lipinski definition) is 2. The van der Waals surface area contributed by atoms with Gasteiger partial charge in [-0.2, -0.15) is 0 Å². The van der Waals surface area contributed by atoms with Gasteiger partial charge in [0.1, 0.15) is 0 Å². The van der Waals surface area contributed by atoms with E-state index in [2.05, 4.69) is 36.4 Å². The Balaban J connectivity index is 1.70. The number of amides is 1. The molecule has 0 radical (unpaired) electrons. The van der Waals surface area contributed by atoms with E-state index < -0.39 is 0 Å². The molecule has 1 amide bonds. The van der Waals surface area contributed by atoms with E-state index in [-0.39, 0.29) is 5.91 Å². The van der Waals surface area contributed by atoms with Crippen molar-refractivity contribution >= 4 is 11.9 Å². The summed E-state index contributed by atoms with van der Waals surface area (Å²) < 4.78 is 0. The predicted octanol–water partition coefficient (Wildman–Crippen LogP) is 2.77. The fraction of sp³-hybridized carbons (Fsp3) is 0.895. The van der Waals surface area contributed by atoms with Crippen molar-refractivity contribution in [2.75, 3.05) is 26.7 Å². The summed E-state index contributed by atoms with van der Waals surface area (Å²) in [5, 5.41) is 6.42. The quantitative estimate of drug-likeness (QED) is 0.407. The zero-order valence-corrected chi connectivity index (χ0v) is 15.8. The van der Waals surface area contributed by atoms with E-state index in [1.807, 2.05) is 0 Å². The molecule has 2 fully saturated rings. The third-order valence-corrected chi connectivity index (χ3v) is 5.13. The second-order valence-corrected chi connectivity index (χ2v) is 7.69. The number of aliphatic imine (C=N–C) groups is 1. The Morgan fingerprint density at radius 2 is 1.88 bits per heavy atom. The molecule has 0 bridgehead atoms. The van der Waals surface area contributed by atoms with Crippen LogP contribution in [0.2, 0.25) is 0 Å². The standard InChI is InChI=1S/C19H36N4O/c1-4-20-19(21-13-5-6-18(24)22-17-11-12-17)23(3)14-16-9-7-15(2)8-10-16/h15-17H,4-14H2,1-3H3,(H,20,21)(H,22,24). The summed E-state index contributed by atoms with van der Waals surface area (Å²) in [6, 6.07) is 0.461. The number of carbonyl (C=O) groups is 1. The van der Waals surface area contributed by atoms with Gasteiger partial charge in [-0.05, 0) is 50.9 Å². The van der Waals surface area contributed by atoms with Gasteiger partial charge < -0.3 is 15.5 Å². The largest absolute Gasteiger partial charge is 0.357 e. The first-order valence-electron chi connectivity index (χ1n) is 9.87. The molecule has 2 aliphatic rings. The van der Waals surface area contributed by atoms with Crippen LogP contribution in [0.5, 0.6) is 0 Å². The third-order valence-electron chi connectivity index (χ3n) is 5.13. The van der Waals surface area contributed by atoms with Crippen LogP contribution in [0, 0.1) is 11.8 Å². The smallest absolute Gasteiger partial charge is 0.220 e. The summed E-state index contributed by atoms with van der Waals surface area (Å²) in [5.74, 6) is 2.86. The van der Waals surface area contributed by atoms with Crippen molar-refractivity contribution in [2.24, 2.45) is 16.8 Å². The van der Waals surface area contributed by atoms with E-state index in [4.69, 9.17) is 4.99 Å². The molecule has 0 aromatic heterocycles. The molecule has 0 spiro atoms. The van der Waals surface area contributed by atoms with E-state index in [0.717, 1.165) is 50.1 Å². The zero-order chi connectivity index (χ0) is 17.4. The molecule has 2 aliphatic carbocycles. The van der Waals surface area contributed by atoms with E-state index in [0.29, 0.717) is 19.0 Å². The molecule has 0 saturated heterocycles. The summed E-state index contributed by atoms with van der Waals surface area (Å²) in [5.41, 5.74) is 0. The van der Waals surface area contributed by atoms with E-state index in [9.17, 15) is 4.79 Å². The minimum atomic E-state index is 0.183. The highest BCUT2D eigenvalue weighted by Crippen LogP contribution is 2.28. The number of nitrogens with one attached hydrogen (secondary N) is 2. The Labute approximate surface area is 147 Å². The first-order chi connectivity index (χ1) is 11.6. The molecule has 138 valence electrons. The number of rotatable bonds is 8. The normalized spacial score (nSPS) is 24.5. The average molecular weight is 337 g/mol. The molecule has 0 heterocycles. The van der Waals surface area contributed by atoms with Gasteiger partial charge >= 0.3 is 0 Å². The molecule has 2 rings (SSSR count). The van der Waals surface area contributed by atoms with Crippen molar-refractivity contribution in [3.05, 3.63) is 0 Å². The number of carbonyl (C=O) groups excluding carboxylic acids is 1. The maximum absolute atomic E-state index is 11.7. The number of hydrogen-bond donors (Lipinski definition) is 2. The molecule has 24 heavy (non-hydrogen) atoms. The molecule has 0 unspecified atom stereocenters. The van der Waals surface area contributed by atoms with Crippen molar-refractivity contribution in [3.63, 3.8) is 0 Å². The summed E-state index contributed by atoms with van der Waals surface area (Å²) >= 11 is 0. The topological polar surface area (TPSA) is 56.7 Å². The van der Waals surface area contributed by atoms with Gasteiger partial charge in [0.2, 0.25) is 5.91 Å². The Hall–Kier alpha value is -1.26. The molecular formula is C19H36N4O. The van der Waals surface area contributed by atoms with Gasteiger partial charge in [0.15, 0.2) is 5.96 Å². The monoisotopic (exact) mass is 336 g/mol. The second kappa shape index (κ2) is 9.90. The highest BCUT2D eigenvalue weighted by Gasteiger charge is 2.23. The maximum atomic E-state index is 11.7. The van der Waals surface area contributed by atoms with E-state index >= 15 is 0 Å². The first-order valence-corrected chi connectivity index (χ1v) is 9.87. The zero-order valence-electron chi connectivity index (χ0n) is 15.8. The Morgan fingerprint density at radius 3 is 2.50 bits per heavy atom. The SMILES string of the molecule is CCNC(=NCCCC(=O)NC1CC1)N(C)CC1CCC(C)CC1. The Morgan fingerprint density at radius 1 is 1.17 bits per heavy atom. The van der Waals surface area contributed by atoms with Crippen LogP contribution in [0.4, 0.5) is 0 Å². The van der Waals surface area contributed by atoms with Crippen LogP contribution >= 0.6 is 0 Å². The van der Waals surface area contributed by atoms with Crippen LogP contribution in [0.25, 0.3) is 0 Å². The van der Waals surface area contributed by atoms with Crippen LogP contribution in [-0.2, 0) is 4.79 Å². The Bertz CT molecular complexity index is 412. The molecule has 5 heteroatoms. The van der Waals surface area contributed by atoms with E-state index in [1.54, 1.807) is 0 Å². The summed E-state index contributed by atoms with van der Waals surface area (Å²) in [6.07, 6.45) is 9.12. The first kappa shape index (κ1) is 19.1. The van der Waals surface area contributed by atoms with Gasteiger partial charge in [-0.1, -0.05) is 19.8 Å². The third kappa shape index (κ3) is 7.10. The Kier molecular flexibility index (Phi) is 7.86. The fourth-order valence-corrected chi connectivity index (χ4v) is 3.41. The second-order valence-electron chi connectivity index (χ2n) is 7.69. The van der Waals surface area contributed by atoms with Crippen LogP contribution in [0.1, 0.15) is 65.2 Å².